The SMILES string of the molecule is CCCOc1cccc(C(O)=C2C(=O)C(=O)N(c3nc(C)c(C(=O)OC)s3)C2c2ccc(CC)cc2)c1. The van der Waals surface area contributed by atoms with E-state index in [0.717, 1.165) is 29.7 Å². The van der Waals surface area contributed by atoms with Crippen molar-refractivity contribution in [2.45, 2.75) is 39.7 Å². The van der Waals surface area contributed by atoms with Crippen LogP contribution in [-0.4, -0.2) is 41.5 Å². The van der Waals surface area contributed by atoms with Crippen molar-refractivity contribution < 1.29 is 29.0 Å². The molecule has 9 heteroatoms. The number of carbonyl (C=O) groups excluding carboxylic acids is 3. The number of Topliss-reactive ketones (excluding diaryl/α,β-unsaturated/α-hetero) is 1. The molecule has 0 spiro atoms. The van der Waals surface area contributed by atoms with Gasteiger partial charge >= 0.3 is 11.9 Å². The number of hydrogen-bond donors (Lipinski definition) is 1. The molecular formula is C28H28N2O6S. The lowest BCUT2D eigenvalue weighted by Crippen LogP contribution is -2.29. The van der Waals surface area contributed by atoms with Crippen molar-refractivity contribution >= 4 is 39.9 Å². The Balaban J connectivity index is 1.89. The number of ether oxygens (including phenoxy) is 2. The molecule has 1 aliphatic rings. The number of esters is 1. The van der Waals surface area contributed by atoms with E-state index in [0.29, 0.717) is 29.2 Å². The number of aryl methyl sites for hydroxylation is 2. The van der Waals surface area contributed by atoms with E-state index in [1.165, 1.54) is 12.0 Å². The second-order valence-electron chi connectivity index (χ2n) is 8.54. The van der Waals surface area contributed by atoms with E-state index in [4.69, 9.17) is 9.47 Å². The summed E-state index contributed by atoms with van der Waals surface area (Å²) in [7, 11) is 1.26. The number of thiazole rings is 1. The minimum Gasteiger partial charge on any atom is -0.507 e. The molecule has 3 aromatic rings. The van der Waals surface area contributed by atoms with Crippen LogP contribution in [0.5, 0.6) is 5.75 Å². The zero-order chi connectivity index (χ0) is 26.7. The number of benzene rings is 2. The highest BCUT2D eigenvalue weighted by Gasteiger charge is 2.48. The fourth-order valence-electron chi connectivity index (χ4n) is 4.16. The quantitative estimate of drug-likeness (QED) is 0.188. The van der Waals surface area contributed by atoms with Crippen molar-refractivity contribution in [1.82, 2.24) is 4.98 Å². The zero-order valence-electron chi connectivity index (χ0n) is 21.1. The predicted octanol–water partition coefficient (Wildman–Crippen LogP) is 5.22. The fourth-order valence-corrected chi connectivity index (χ4v) is 5.17. The molecule has 1 atom stereocenters. The van der Waals surface area contributed by atoms with Gasteiger partial charge in [-0.2, -0.15) is 0 Å². The van der Waals surface area contributed by atoms with E-state index < -0.39 is 23.7 Å². The minimum absolute atomic E-state index is 0.0608. The van der Waals surface area contributed by atoms with Gasteiger partial charge < -0.3 is 14.6 Å². The van der Waals surface area contributed by atoms with Crippen molar-refractivity contribution in [2.24, 2.45) is 0 Å². The lowest BCUT2D eigenvalue weighted by molar-refractivity contribution is -0.132. The van der Waals surface area contributed by atoms with Gasteiger partial charge in [-0.3, -0.25) is 14.5 Å². The number of rotatable bonds is 8. The molecule has 1 unspecified atom stereocenters. The van der Waals surface area contributed by atoms with Gasteiger partial charge in [-0.1, -0.05) is 61.6 Å². The maximum Gasteiger partial charge on any atom is 0.350 e. The van der Waals surface area contributed by atoms with Crippen LogP contribution in [0.4, 0.5) is 5.13 Å². The number of aromatic nitrogens is 1. The van der Waals surface area contributed by atoms with Gasteiger partial charge in [-0.15, -0.1) is 0 Å². The summed E-state index contributed by atoms with van der Waals surface area (Å²) in [6, 6.07) is 13.3. The maximum atomic E-state index is 13.4. The standard InChI is InChI=1S/C28H28N2O6S/c1-5-14-36-20-9-7-8-19(15-20)23(31)21-22(18-12-10-17(6-2)11-13-18)30(26(33)24(21)32)28-29-16(3)25(37-28)27(34)35-4/h7-13,15,22,31H,5-6,14H2,1-4H3. The highest BCUT2D eigenvalue weighted by atomic mass is 32.1. The number of carbonyl (C=O) groups is 3. The average molecular weight is 521 g/mol. The van der Waals surface area contributed by atoms with Crippen molar-refractivity contribution in [2.75, 3.05) is 18.6 Å². The van der Waals surface area contributed by atoms with Crippen LogP contribution in [-0.2, 0) is 20.7 Å². The van der Waals surface area contributed by atoms with E-state index in [9.17, 15) is 19.5 Å². The number of amides is 1. The first-order chi connectivity index (χ1) is 17.8. The summed E-state index contributed by atoms with van der Waals surface area (Å²) in [5.74, 6) is -2.02. The van der Waals surface area contributed by atoms with Crippen LogP contribution in [0.1, 0.15) is 58.4 Å². The molecule has 192 valence electrons. The molecule has 1 fully saturated rings. The third-order valence-corrected chi connectivity index (χ3v) is 7.23. The Morgan fingerprint density at radius 1 is 1.14 bits per heavy atom. The topological polar surface area (TPSA) is 106 Å². The highest BCUT2D eigenvalue weighted by Crippen LogP contribution is 2.44. The first-order valence-corrected chi connectivity index (χ1v) is 12.8. The second-order valence-corrected chi connectivity index (χ2v) is 9.52. The van der Waals surface area contributed by atoms with Gasteiger partial charge in [0.2, 0.25) is 0 Å². The van der Waals surface area contributed by atoms with Gasteiger partial charge in [-0.05, 0) is 43.0 Å². The highest BCUT2D eigenvalue weighted by molar-refractivity contribution is 7.17. The zero-order valence-corrected chi connectivity index (χ0v) is 21.9. The van der Waals surface area contributed by atoms with Crippen LogP contribution < -0.4 is 9.64 Å². The van der Waals surface area contributed by atoms with Crippen molar-refractivity contribution in [3.8, 4) is 5.75 Å². The first kappa shape index (κ1) is 26.1. The Kier molecular flexibility index (Phi) is 7.73. The van der Waals surface area contributed by atoms with Gasteiger partial charge in [0.15, 0.2) is 5.13 Å². The summed E-state index contributed by atoms with van der Waals surface area (Å²) in [6.07, 6.45) is 1.63. The predicted molar refractivity (Wildman–Crippen MR) is 141 cm³/mol. The minimum atomic E-state index is -0.942. The molecule has 1 amide bonds. The van der Waals surface area contributed by atoms with Crippen molar-refractivity contribution in [3.63, 3.8) is 0 Å². The molecule has 0 saturated carbocycles. The second kappa shape index (κ2) is 11.0. The Labute approximate surface area is 219 Å². The average Bonchev–Trinajstić information content (AvgIpc) is 3.43. The molecule has 37 heavy (non-hydrogen) atoms. The van der Waals surface area contributed by atoms with E-state index in [1.807, 2.05) is 38.1 Å². The molecule has 0 bridgehead atoms. The van der Waals surface area contributed by atoms with Crippen LogP contribution in [0.15, 0.2) is 54.1 Å². The number of aliphatic hydroxyl groups is 1. The van der Waals surface area contributed by atoms with Crippen LogP contribution in [0.2, 0.25) is 0 Å². The van der Waals surface area contributed by atoms with Gasteiger partial charge in [0, 0.05) is 5.56 Å². The first-order valence-electron chi connectivity index (χ1n) is 12.0. The monoisotopic (exact) mass is 520 g/mol. The molecule has 0 radical (unpaired) electrons. The Hall–Kier alpha value is -3.98. The lowest BCUT2D eigenvalue weighted by atomic mass is 9.94. The molecule has 0 aliphatic carbocycles. The van der Waals surface area contributed by atoms with Crippen molar-refractivity contribution in [3.05, 3.63) is 81.4 Å². The smallest absolute Gasteiger partial charge is 0.350 e. The summed E-state index contributed by atoms with van der Waals surface area (Å²) in [4.78, 5) is 44.9. The van der Waals surface area contributed by atoms with E-state index in [-0.39, 0.29) is 21.3 Å². The normalized spacial score (nSPS) is 16.8. The molecule has 2 heterocycles. The molecule has 1 saturated heterocycles. The summed E-state index contributed by atoms with van der Waals surface area (Å²) in [6.45, 7) is 6.16. The van der Waals surface area contributed by atoms with Crippen molar-refractivity contribution in [1.29, 1.82) is 0 Å². The number of ketones is 1. The maximum absolute atomic E-state index is 13.4. The van der Waals surface area contributed by atoms with E-state index in [1.54, 1.807) is 31.2 Å². The molecule has 1 aromatic heterocycles. The summed E-state index contributed by atoms with van der Waals surface area (Å²) in [5, 5.41) is 11.5. The number of nitrogens with zero attached hydrogens (tertiary/aromatic N) is 2. The molecule has 4 rings (SSSR count). The van der Waals surface area contributed by atoms with Crippen LogP contribution in [0.25, 0.3) is 5.76 Å². The van der Waals surface area contributed by atoms with E-state index >= 15 is 0 Å². The van der Waals surface area contributed by atoms with Gasteiger partial charge in [0.05, 0.1) is 31.0 Å². The van der Waals surface area contributed by atoms with Crippen LogP contribution in [0.3, 0.4) is 0 Å². The number of hydrogen-bond acceptors (Lipinski definition) is 8. The fraction of sp³-hybridized carbons (Fsp3) is 0.286. The van der Waals surface area contributed by atoms with Gasteiger partial charge in [0.25, 0.3) is 5.78 Å². The molecule has 1 aliphatic heterocycles. The Bertz CT molecular complexity index is 1380. The number of methoxy groups -OCH3 is 1. The Morgan fingerprint density at radius 2 is 1.86 bits per heavy atom. The third-order valence-electron chi connectivity index (χ3n) is 6.09. The lowest BCUT2D eigenvalue weighted by Gasteiger charge is -2.23. The Morgan fingerprint density at radius 3 is 2.51 bits per heavy atom. The number of aliphatic hydroxyl groups excluding tert-OH is 1. The molecule has 1 N–H and O–H groups in total. The largest absolute Gasteiger partial charge is 0.507 e. The van der Waals surface area contributed by atoms with Gasteiger partial charge in [0.1, 0.15) is 16.4 Å². The van der Waals surface area contributed by atoms with E-state index in [2.05, 4.69) is 4.98 Å². The molecule has 8 nitrogen and oxygen atoms in total. The number of anilines is 1. The summed E-state index contributed by atoms with van der Waals surface area (Å²) in [5.41, 5.74) is 2.39. The summed E-state index contributed by atoms with van der Waals surface area (Å²) >= 11 is 0.965. The third kappa shape index (κ3) is 4.99. The van der Waals surface area contributed by atoms with Crippen LogP contribution in [0, 0.1) is 6.92 Å². The molecule has 2 aromatic carbocycles. The van der Waals surface area contributed by atoms with Crippen LogP contribution >= 0.6 is 11.3 Å². The molecular weight excluding hydrogens is 492 g/mol. The van der Waals surface area contributed by atoms with Gasteiger partial charge in [-0.25, -0.2) is 9.78 Å². The summed E-state index contributed by atoms with van der Waals surface area (Å²) < 4.78 is 10.5.